The molecule has 1 atom stereocenters. The van der Waals surface area contributed by atoms with Crippen molar-refractivity contribution in [3.05, 3.63) is 29.8 Å². The molecule has 116 valence electrons. The van der Waals surface area contributed by atoms with Crippen LogP contribution in [0.3, 0.4) is 0 Å². The molecule has 0 saturated carbocycles. The molecule has 1 aliphatic heterocycles. The van der Waals surface area contributed by atoms with E-state index in [1.165, 1.54) is 26.2 Å². The van der Waals surface area contributed by atoms with Crippen LogP contribution in [0.2, 0.25) is 0 Å². The predicted molar refractivity (Wildman–Crippen MR) is 76.3 cm³/mol. The predicted octanol–water partition coefficient (Wildman–Crippen LogP) is 1.46. The van der Waals surface area contributed by atoms with Crippen molar-refractivity contribution in [3.63, 3.8) is 0 Å². The third-order valence-corrected chi connectivity index (χ3v) is 5.85. The number of carboxylic acid groups (broad SMARTS) is 1. The molecule has 0 amide bonds. The van der Waals surface area contributed by atoms with Gasteiger partial charge >= 0.3 is 5.97 Å². The summed E-state index contributed by atoms with van der Waals surface area (Å²) >= 11 is 0. The van der Waals surface area contributed by atoms with Gasteiger partial charge in [-0.2, -0.15) is 4.31 Å². The minimum absolute atomic E-state index is 0.103. The second kappa shape index (κ2) is 5.75. The molecule has 0 bridgehead atoms. The zero-order chi connectivity index (χ0) is 15.7. The van der Waals surface area contributed by atoms with Crippen molar-refractivity contribution < 1.29 is 23.1 Å². The number of carboxylic acids is 1. The van der Waals surface area contributed by atoms with Crippen molar-refractivity contribution in [3.8, 4) is 0 Å². The zero-order valence-electron chi connectivity index (χ0n) is 12.1. The summed E-state index contributed by atoms with van der Waals surface area (Å²) in [6, 6.07) is 6.41. The molecular weight excluding hydrogens is 294 g/mol. The SMILES string of the molecule is COCc1cccc(S(=O)(=O)N2CCCC2(C)C(=O)O)c1. The monoisotopic (exact) mass is 313 g/mol. The Morgan fingerprint density at radius 2 is 2.19 bits per heavy atom. The van der Waals surface area contributed by atoms with Gasteiger partial charge in [0.15, 0.2) is 0 Å². The molecule has 21 heavy (non-hydrogen) atoms. The fourth-order valence-corrected chi connectivity index (χ4v) is 4.50. The quantitative estimate of drug-likeness (QED) is 0.889. The highest BCUT2D eigenvalue weighted by Gasteiger charge is 2.49. The average Bonchev–Trinajstić information content (AvgIpc) is 2.84. The fraction of sp³-hybridized carbons (Fsp3) is 0.500. The second-order valence-electron chi connectivity index (χ2n) is 5.34. The summed E-state index contributed by atoms with van der Waals surface area (Å²) in [6.07, 6.45) is 0.860. The smallest absolute Gasteiger partial charge is 0.324 e. The van der Waals surface area contributed by atoms with E-state index in [1.54, 1.807) is 12.1 Å². The summed E-state index contributed by atoms with van der Waals surface area (Å²) in [5, 5.41) is 9.37. The minimum atomic E-state index is -3.84. The Morgan fingerprint density at radius 1 is 1.48 bits per heavy atom. The Kier molecular flexibility index (Phi) is 4.36. The van der Waals surface area contributed by atoms with Crippen LogP contribution in [-0.4, -0.2) is 43.0 Å². The summed E-state index contributed by atoms with van der Waals surface area (Å²) in [4.78, 5) is 11.6. The van der Waals surface area contributed by atoms with Gasteiger partial charge in [0, 0.05) is 13.7 Å². The topological polar surface area (TPSA) is 83.9 Å². The third-order valence-electron chi connectivity index (χ3n) is 3.83. The standard InChI is InChI=1S/C14H19NO5S/c1-14(13(16)17)7-4-8-15(14)21(18,19)12-6-3-5-11(9-12)10-20-2/h3,5-6,9H,4,7-8,10H2,1-2H3,(H,16,17). The number of methoxy groups -OCH3 is 1. The molecule has 0 radical (unpaired) electrons. The van der Waals surface area contributed by atoms with Crippen LogP contribution >= 0.6 is 0 Å². The Hall–Kier alpha value is -1.44. The zero-order valence-corrected chi connectivity index (χ0v) is 12.9. The molecule has 6 nitrogen and oxygen atoms in total. The number of carbonyl (C=O) groups is 1. The van der Waals surface area contributed by atoms with E-state index in [0.29, 0.717) is 19.4 Å². The van der Waals surface area contributed by atoms with Gasteiger partial charge in [-0.1, -0.05) is 12.1 Å². The van der Waals surface area contributed by atoms with Gasteiger partial charge in [-0.25, -0.2) is 8.42 Å². The second-order valence-corrected chi connectivity index (χ2v) is 7.20. The maximum absolute atomic E-state index is 12.7. The van der Waals surface area contributed by atoms with Crippen molar-refractivity contribution in [2.75, 3.05) is 13.7 Å². The molecule has 1 aromatic rings. The van der Waals surface area contributed by atoms with E-state index < -0.39 is 21.5 Å². The molecule has 1 heterocycles. The molecule has 0 aromatic heterocycles. The van der Waals surface area contributed by atoms with Crippen LogP contribution in [0.1, 0.15) is 25.3 Å². The molecule has 1 saturated heterocycles. The molecular formula is C14H19NO5S. The number of hydrogen-bond donors (Lipinski definition) is 1. The van der Waals surface area contributed by atoms with Gasteiger partial charge in [-0.15, -0.1) is 0 Å². The number of ether oxygens (including phenoxy) is 1. The Balaban J connectivity index is 2.42. The fourth-order valence-electron chi connectivity index (χ4n) is 2.63. The molecule has 0 spiro atoms. The van der Waals surface area contributed by atoms with Gasteiger partial charge in [0.25, 0.3) is 0 Å². The summed E-state index contributed by atoms with van der Waals surface area (Å²) in [5.74, 6) is -1.11. The van der Waals surface area contributed by atoms with Gasteiger partial charge in [-0.3, -0.25) is 4.79 Å². The summed E-state index contributed by atoms with van der Waals surface area (Å²) in [6.45, 7) is 1.98. The van der Waals surface area contributed by atoms with Gasteiger partial charge in [0.05, 0.1) is 11.5 Å². The molecule has 0 aliphatic carbocycles. The van der Waals surface area contributed by atoms with E-state index in [4.69, 9.17) is 4.74 Å². The Labute approximate surface area is 124 Å². The molecule has 2 rings (SSSR count). The molecule has 1 aliphatic rings. The lowest BCUT2D eigenvalue weighted by Crippen LogP contribution is -2.50. The van der Waals surface area contributed by atoms with Crippen molar-refractivity contribution in [2.45, 2.75) is 36.8 Å². The average molecular weight is 313 g/mol. The highest BCUT2D eigenvalue weighted by Crippen LogP contribution is 2.34. The van der Waals surface area contributed by atoms with E-state index >= 15 is 0 Å². The minimum Gasteiger partial charge on any atom is -0.480 e. The molecule has 1 fully saturated rings. The summed E-state index contributed by atoms with van der Waals surface area (Å²) in [7, 11) is -2.30. The summed E-state index contributed by atoms with van der Waals surface area (Å²) in [5.41, 5.74) is -0.648. The number of aliphatic carboxylic acids is 1. The Morgan fingerprint density at radius 3 is 2.81 bits per heavy atom. The van der Waals surface area contributed by atoms with Crippen molar-refractivity contribution in [1.29, 1.82) is 0 Å². The maximum atomic E-state index is 12.7. The number of rotatable bonds is 5. The van der Waals surface area contributed by atoms with E-state index in [2.05, 4.69) is 0 Å². The van der Waals surface area contributed by atoms with Gasteiger partial charge in [0.1, 0.15) is 5.54 Å². The molecule has 1 N–H and O–H groups in total. The van der Waals surface area contributed by atoms with Crippen molar-refractivity contribution in [2.24, 2.45) is 0 Å². The first-order chi connectivity index (χ1) is 9.82. The van der Waals surface area contributed by atoms with Gasteiger partial charge in [0.2, 0.25) is 10.0 Å². The lowest BCUT2D eigenvalue weighted by atomic mass is 10.0. The highest BCUT2D eigenvalue weighted by atomic mass is 32.2. The van der Waals surface area contributed by atoms with E-state index in [9.17, 15) is 18.3 Å². The third kappa shape index (κ3) is 2.81. The van der Waals surface area contributed by atoms with Crippen LogP contribution in [0, 0.1) is 0 Å². The van der Waals surface area contributed by atoms with Crippen LogP contribution in [0.15, 0.2) is 29.2 Å². The van der Waals surface area contributed by atoms with Crippen LogP contribution in [-0.2, 0) is 26.2 Å². The summed E-state index contributed by atoms with van der Waals surface area (Å²) < 4.78 is 31.6. The van der Waals surface area contributed by atoms with Crippen LogP contribution in [0.4, 0.5) is 0 Å². The van der Waals surface area contributed by atoms with Gasteiger partial charge in [-0.05, 0) is 37.5 Å². The highest BCUT2D eigenvalue weighted by molar-refractivity contribution is 7.89. The number of sulfonamides is 1. The van der Waals surface area contributed by atoms with Crippen molar-refractivity contribution >= 4 is 16.0 Å². The number of nitrogens with zero attached hydrogens (tertiary/aromatic N) is 1. The van der Waals surface area contributed by atoms with E-state index in [-0.39, 0.29) is 11.4 Å². The normalized spacial score (nSPS) is 23.3. The number of benzene rings is 1. The lowest BCUT2D eigenvalue weighted by Gasteiger charge is -2.30. The lowest BCUT2D eigenvalue weighted by molar-refractivity contribution is -0.146. The first-order valence-electron chi connectivity index (χ1n) is 6.66. The molecule has 1 unspecified atom stereocenters. The van der Waals surface area contributed by atoms with Crippen LogP contribution in [0.5, 0.6) is 0 Å². The first kappa shape index (κ1) is 15.9. The molecule has 7 heteroatoms. The van der Waals surface area contributed by atoms with E-state index in [0.717, 1.165) is 9.87 Å². The number of hydrogen-bond acceptors (Lipinski definition) is 4. The first-order valence-corrected chi connectivity index (χ1v) is 8.10. The van der Waals surface area contributed by atoms with Crippen molar-refractivity contribution in [1.82, 2.24) is 4.31 Å². The van der Waals surface area contributed by atoms with Gasteiger partial charge < -0.3 is 9.84 Å². The van der Waals surface area contributed by atoms with Crippen LogP contribution in [0.25, 0.3) is 0 Å². The van der Waals surface area contributed by atoms with E-state index in [1.807, 2.05) is 0 Å². The maximum Gasteiger partial charge on any atom is 0.324 e. The largest absolute Gasteiger partial charge is 0.480 e. The molecule has 1 aromatic carbocycles. The van der Waals surface area contributed by atoms with Crippen LogP contribution < -0.4 is 0 Å². The Bertz CT molecular complexity index is 643.